The molecule has 216 valence electrons. The van der Waals surface area contributed by atoms with Crippen molar-refractivity contribution < 1.29 is 19.1 Å². The quantitative estimate of drug-likeness (QED) is 0.428. The lowest BCUT2D eigenvalue weighted by Gasteiger charge is -2.38. The van der Waals surface area contributed by atoms with Gasteiger partial charge in [-0.05, 0) is 62.9 Å². The zero-order chi connectivity index (χ0) is 27.9. The lowest BCUT2D eigenvalue weighted by atomic mass is 9.74. The summed E-state index contributed by atoms with van der Waals surface area (Å²) >= 11 is 3.43. The highest BCUT2D eigenvalue weighted by molar-refractivity contribution is 9.10. The number of amides is 3. The van der Waals surface area contributed by atoms with Crippen molar-refractivity contribution in [3.05, 3.63) is 40.9 Å². The predicted octanol–water partition coefficient (Wildman–Crippen LogP) is 4.25. The molecule has 4 heterocycles. The SMILES string of the molecule is CC[C@@H]1CCCCN1CCN1C(=O)[C@@H]2[C@@H](C(=O)Nc3ccc(Br)cc3)[C@@H]3C=C[C@@]2(O3)[C@@H]1C(=O)NC1CCCCC1. The number of fused-ring (bicyclic) bond motifs is 1. The first-order valence-electron chi connectivity index (χ1n) is 15.2. The van der Waals surface area contributed by atoms with Crippen molar-refractivity contribution in [1.82, 2.24) is 15.1 Å². The first kappa shape index (κ1) is 27.9. The number of nitrogens with zero attached hydrogens (tertiary/aromatic N) is 2. The van der Waals surface area contributed by atoms with Gasteiger partial charge in [-0.25, -0.2) is 0 Å². The van der Waals surface area contributed by atoms with Gasteiger partial charge < -0.3 is 20.3 Å². The molecule has 2 N–H and O–H groups in total. The van der Waals surface area contributed by atoms with E-state index in [4.69, 9.17) is 4.74 Å². The Morgan fingerprint density at radius 2 is 1.77 bits per heavy atom. The van der Waals surface area contributed by atoms with E-state index in [0.717, 1.165) is 56.1 Å². The van der Waals surface area contributed by atoms with Crippen molar-refractivity contribution in [3.63, 3.8) is 0 Å². The zero-order valence-corrected chi connectivity index (χ0v) is 24.9. The normalized spacial score (nSPS) is 33.8. The molecule has 3 amide bonds. The Kier molecular flexibility index (Phi) is 8.07. The summed E-state index contributed by atoms with van der Waals surface area (Å²) in [5.74, 6) is -1.94. The van der Waals surface area contributed by atoms with Gasteiger partial charge in [0.05, 0.1) is 17.9 Å². The molecule has 0 unspecified atom stereocenters. The monoisotopic (exact) mass is 612 g/mol. The van der Waals surface area contributed by atoms with Gasteiger partial charge in [0.2, 0.25) is 17.7 Å². The van der Waals surface area contributed by atoms with Crippen molar-refractivity contribution in [2.45, 2.75) is 94.5 Å². The molecule has 1 aromatic rings. The van der Waals surface area contributed by atoms with E-state index in [0.29, 0.717) is 18.3 Å². The third kappa shape index (κ3) is 5.02. The van der Waals surface area contributed by atoms with E-state index in [9.17, 15) is 14.4 Å². The first-order chi connectivity index (χ1) is 19.4. The van der Waals surface area contributed by atoms with Gasteiger partial charge in [-0.15, -0.1) is 0 Å². The van der Waals surface area contributed by atoms with E-state index in [1.54, 1.807) is 4.90 Å². The van der Waals surface area contributed by atoms with Gasteiger partial charge in [0.15, 0.2) is 0 Å². The molecule has 1 aromatic carbocycles. The van der Waals surface area contributed by atoms with Crippen LogP contribution in [0.15, 0.2) is 40.9 Å². The van der Waals surface area contributed by atoms with E-state index in [1.165, 1.54) is 19.3 Å². The molecular formula is C31H41BrN4O4. The van der Waals surface area contributed by atoms with E-state index < -0.39 is 29.6 Å². The van der Waals surface area contributed by atoms with Crippen LogP contribution < -0.4 is 10.6 Å². The first-order valence-corrected chi connectivity index (χ1v) is 16.0. The van der Waals surface area contributed by atoms with Crippen LogP contribution in [0.5, 0.6) is 0 Å². The van der Waals surface area contributed by atoms with Crippen LogP contribution in [0, 0.1) is 11.8 Å². The van der Waals surface area contributed by atoms with Crippen LogP contribution in [-0.4, -0.2) is 77.0 Å². The Hall–Kier alpha value is -2.23. The second-order valence-corrected chi connectivity index (χ2v) is 13.1. The van der Waals surface area contributed by atoms with Gasteiger partial charge in [-0.1, -0.05) is 60.7 Å². The van der Waals surface area contributed by atoms with Crippen molar-refractivity contribution in [1.29, 1.82) is 0 Å². The molecule has 8 nitrogen and oxygen atoms in total. The number of hydrogen-bond acceptors (Lipinski definition) is 5. The second kappa shape index (κ2) is 11.6. The topological polar surface area (TPSA) is 91.0 Å². The summed E-state index contributed by atoms with van der Waals surface area (Å²) in [5, 5.41) is 6.28. The third-order valence-corrected chi connectivity index (χ3v) is 10.4. The van der Waals surface area contributed by atoms with Gasteiger partial charge in [-0.3, -0.25) is 19.3 Å². The summed E-state index contributed by atoms with van der Waals surface area (Å²) in [5.41, 5.74) is -0.451. The molecule has 0 radical (unpaired) electrons. The number of carbonyl (C=O) groups is 3. The third-order valence-electron chi connectivity index (χ3n) is 9.84. The Morgan fingerprint density at radius 1 is 1.02 bits per heavy atom. The van der Waals surface area contributed by atoms with Gasteiger partial charge in [0, 0.05) is 35.3 Å². The van der Waals surface area contributed by atoms with Crippen LogP contribution in [-0.2, 0) is 19.1 Å². The molecular weight excluding hydrogens is 572 g/mol. The Balaban J connectivity index is 1.26. The number of nitrogens with one attached hydrogen (secondary N) is 2. The number of anilines is 1. The molecule has 1 spiro atoms. The van der Waals surface area contributed by atoms with E-state index >= 15 is 0 Å². The average molecular weight is 614 g/mol. The Morgan fingerprint density at radius 3 is 2.52 bits per heavy atom. The molecule has 3 saturated heterocycles. The average Bonchev–Trinajstić information content (AvgIpc) is 3.61. The van der Waals surface area contributed by atoms with Crippen LogP contribution in [0.2, 0.25) is 0 Å². The molecule has 9 heteroatoms. The van der Waals surface area contributed by atoms with E-state index in [1.807, 2.05) is 36.4 Å². The summed E-state index contributed by atoms with van der Waals surface area (Å²) in [4.78, 5) is 46.1. The molecule has 5 aliphatic rings. The predicted molar refractivity (Wildman–Crippen MR) is 157 cm³/mol. The number of hydrogen-bond donors (Lipinski definition) is 2. The maximum absolute atomic E-state index is 14.2. The van der Waals surface area contributed by atoms with Gasteiger partial charge in [0.25, 0.3) is 0 Å². The van der Waals surface area contributed by atoms with Gasteiger partial charge in [-0.2, -0.15) is 0 Å². The van der Waals surface area contributed by atoms with E-state index in [-0.39, 0.29) is 23.8 Å². The minimum Gasteiger partial charge on any atom is -0.359 e. The molecule has 4 aliphatic heterocycles. The standard InChI is InChI=1S/C31H41BrN4O4/c1-2-23-10-6-7-17-35(23)18-19-36-27(29(38)34-21-8-4-3-5-9-21)31-16-15-24(40-31)25(26(31)30(36)39)28(37)33-22-13-11-20(32)12-14-22/h11-16,21,23-27H,2-10,17-19H2,1H3,(H,33,37)(H,34,38)/t23-,24+,25+,26+,27+,31+/m1/s1. The number of halogens is 1. The maximum Gasteiger partial charge on any atom is 0.246 e. The Bertz CT molecular complexity index is 1150. The largest absolute Gasteiger partial charge is 0.359 e. The highest BCUT2D eigenvalue weighted by atomic mass is 79.9. The fourth-order valence-corrected chi connectivity index (χ4v) is 8.11. The summed E-state index contributed by atoms with van der Waals surface area (Å²) in [7, 11) is 0. The number of carbonyl (C=O) groups excluding carboxylic acids is 3. The highest BCUT2D eigenvalue weighted by Crippen LogP contribution is 2.55. The number of piperidine rings is 1. The van der Waals surface area contributed by atoms with Crippen LogP contribution >= 0.6 is 15.9 Å². The summed E-state index contributed by atoms with van der Waals surface area (Å²) in [6, 6.07) is 7.25. The summed E-state index contributed by atoms with van der Waals surface area (Å²) in [6.45, 7) is 4.42. The second-order valence-electron chi connectivity index (χ2n) is 12.2. The van der Waals surface area contributed by atoms with Crippen LogP contribution in [0.1, 0.15) is 64.7 Å². The van der Waals surface area contributed by atoms with Crippen LogP contribution in [0.25, 0.3) is 0 Å². The molecule has 0 aromatic heterocycles. The number of ether oxygens (including phenoxy) is 1. The fraction of sp³-hybridized carbons (Fsp3) is 0.645. The summed E-state index contributed by atoms with van der Waals surface area (Å²) in [6.07, 6.45) is 13.3. The lowest BCUT2D eigenvalue weighted by molar-refractivity contribution is -0.141. The van der Waals surface area contributed by atoms with Crippen molar-refractivity contribution in [3.8, 4) is 0 Å². The zero-order valence-electron chi connectivity index (χ0n) is 23.3. The van der Waals surface area contributed by atoms with Crippen molar-refractivity contribution in [2.75, 3.05) is 25.0 Å². The number of benzene rings is 1. The molecule has 4 fully saturated rings. The molecule has 40 heavy (non-hydrogen) atoms. The molecule has 1 saturated carbocycles. The number of rotatable bonds is 8. The van der Waals surface area contributed by atoms with Gasteiger partial charge >= 0.3 is 0 Å². The van der Waals surface area contributed by atoms with Crippen molar-refractivity contribution in [2.24, 2.45) is 11.8 Å². The molecule has 1 aliphatic carbocycles. The van der Waals surface area contributed by atoms with E-state index in [2.05, 4.69) is 38.4 Å². The summed E-state index contributed by atoms with van der Waals surface area (Å²) < 4.78 is 7.44. The van der Waals surface area contributed by atoms with Crippen LogP contribution in [0.4, 0.5) is 5.69 Å². The molecule has 6 rings (SSSR count). The highest BCUT2D eigenvalue weighted by Gasteiger charge is 2.72. The lowest BCUT2D eigenvalue weighted by Crippen LogP contribution is -2.57. The van der Waals surface area contributed by atoms with Crippen LogP contribution in [0.3, 0.4) is 0 Å². The Labute approximate surface area is 245 Å². The number of likely N-dealkylation sites (tertiary alicyclic amines) is 2. The molecule has 6 atom stereocenters. The minimum atomic E-state index is -1.12. The smallest absolute Gasteiger partial charge is 0.246 e. The maximum atomic E-state index is 14.2. The van der Waals surface area contributed by atoms with Crippen molar-refractivity contribution >= 4 is 39.3 Å². The minimum absolute atomic E-state index is 0.124. The molecule has 2 bridgehead atoms. The fourth-order valence-electron chi connectivity index (χ4n) is 7.85. The van der Waals surface area contributed by atoms with Gasteiger partial charge in [0.1, 0.15) is 11.6 Å².